The molecule has 3 fully saturated rings. The van der Waals surface area contributed by atoms with Crippen LogP contribution < -0.4 is 10.1 Å². The number of carbonyl (C=O) groups excluding carboxylic acids is 1. The molecule has 1 N–H and O–H groups in total. The lowest BCUT2D eigenvalue weighted by Crippen LogP contribution is -2.18. The third kappa shape index (κ3) is 4.91. The lowest BCUT2D eigenvalue weighted by Gasteiger charge is -2.30. The van der Waals surface area contributed by atoms with E-state index in [1.807, 2.05) is 36.4 Å². The van der Waals surface area contributed by atoms with E-state index in [0.29, 0.717) is 30.5 Å². The number of nitrogens with zero attached hydrogens (tertiary/aromatic N) is 2. The van der Waals surface area contributed by atoms with Crippen molar-refractivity contribution in [1.82, 2.24) is 4.57 Å². The Labute approximate surface area is 217 Å². The van der Waals surface area contributed by atoms with E-state index in [9.17, 15) is 10.1 Å². The number of hydrogen-bond donors (Lipinski definition) is 1. The van der Waals surface area contributed by atoms with E-state index >= 15 is 0 Å². The number of fused-ring (bicyclic) bond motifs is 1. The molecule has 37 heavy (non-hydrogen) atoms. The van der Waals surface area contributed by atoms with Crippen LogP contribution in [0.4, 0.5) is 10.5 Å². The van der Waals surface area contributed by atoms with Crippen molar-refractivity contribution in [3.05, 3.63) is 48.0 Å². The quantitative estimate of drug-likeness (QED) is 0.368. The van der Waals surface area contributed by atoms with Gasteiger partial charge in [-0.2, -0.15) is 5.26 Å². The molecule has 2 saturated carbocycles. The summed E-state index contributed by atoms with van der Waals surface area (Å²) in [7, 11) is 0. The molecule has 3 aliphatic rings. The fraction of sp³-hybridized carbons (Fsp3) is 0.467. The zero-order chi connectivity index (χ0) is 25.4. The molecule has 1 aliphatic heterocycles. The zero-order valence-corrected chi connectivity index (χ0v) is 21.3. The molecule has 2 heterocycles. The first-order valence-electron chi connectivity index (χ1n) is 13.4. The maximum Gasteiger partial charge on any atom is 0.411 e. The summed E-state index contributed by atoms with van der Waals surface area (Å²) in [5.74, 6) is 0.801. The molecule has 0 radical (unpaired) electrons. The van der Waals surface area contributed by atoms with E-state index in [0.717, 1.165) is 73.0 Å². The van der Waals surface area contributed by atoms with E-state index in [4.69, 9.17) is 14.2 Å². The number of carbonyl (C=O) groups is 1. The molecule has 0 spiro atoms. The molecule has 3 aromatic rings. The number of ether oxygens (including phenoxy) is 3. The van der Waals surface area contributed by atoms with Crippen LogP contribution in [0.25, 0.3) is 22.2 Å². The van der Waals surface area contributed by atoms with Gasteiger partial charge in [-0.15, -0.1) is 0 Å². The first-order valence-corrected chi connectivity index (χ1v) is 13.4. The Morgan fingerprint density at radius 3 is 2.62 bits per heavy atom. The minimum atomic E-state index is -0.433. The second-order valence-electron chi connectivity index (χ2n) is 11.0. The Bertz CT molecular complexity index is 1340. The van der Waals surface area contributed by atoms with Crippen LogP contribution in [0.15, 0.2) is 42.5 Å². The molecule has 6 rings (SSSR count). The summed E-state index contributed by atoms with van der Waals surface area (Å²) in [6.07, 6.45) is 7.41. The van der Waals surface area contributed by atoms with Crippen molar-refractivity contribution < 1.29 is 19.0 Å². The molecule has 192 valence electrons. The van der Waals surface area contributed by atoms with Crippen molar-refractivity contribution in [2.24, 2.45) is 5.41 Å². The van der Waals surface area contributed by atoms with Gasteiger partial charge in [0.1, 0.15) is 18.4 Å². The topological polar surface area (TPSA) is 85.5 Å². The van der Waals surface area contributed by atoms with Gasteiger partial charge < -0.3 is 18.8 Å². The highest BCUT2D eigenvalue weighted by Gasteiger charge is 2.38. The maximum absolute atomic E-state index is 12.2. The number of nitriles is 1. The summed E-state index contributed by atoms with van der Waals surface area (Å²) in [6, 6.07) is 16.5. The van der Waals surface area contributed by atoms with E-state index in [1.165, 1.54) is 6.42 Å². The number of rotatable bonds is 8. The van der Waals surface area contributed by atoms with E-state index in [-0.39, 0.29) is 11.5 Å². The fourth-order valence-electron chi connectivity index (χ4n) is 5.23. The first kappa shape index (κ1) is 23.9. The molecule has 0 bridgehead atoms. The molecular weight excluding hydrogens is 466 g/mol. The average molecular weight is 500 g/mol. The third-order valence-electron chi connectivity index (χ3n) is 8.05. The van der Waals surface area contributed by atoms with Crippen molar-refractivity contribution in [3.63, 3.8) is 0 Å². The van der Waals surface area contributed by atoms with Gasteiger partial charge in [0, 0.05) is 35.2 Å². The van der Waals surface area contributed by atoms with Crippen LogP contribution in [0.2, 0.25) is 0 Å². The Morgan fingerprint density at radius 2 is 1.97 bits per heavy atom. The number of anilines is 1. The predicted octanol–water partition coefficient (Wildman–Crippen LogP) is 6.81. The second kappa shape index (κ2) is 9.75. The van der Waals surface area contributed by atoms with Gasteiger partial charge in [-0.1, -0.05) is 19.1 Å². The first-order chi connectivity index (χ1) is 18.0. The summed E-state index contributed by atoms with van der Waals surface area (Å²) in [5.41, 5.74) is 4.40. The summed E-state index contributed by atoms with van der Waals surface area (Å²) in [6.45, 7) is 3.93. The van der Waals surface area contributed by atoms with Crippen molar-refractivity contribution in [3.8, 4) is 23.1 Å². The van der Waals surface area contributed by atoms with Gasteiger partial charge in [0.25, 0.3) is 0 Å². The molecule has 1 amide bonds. The lowest BCUT2D eigenvalue weighted by atomic mass is 9.92. The van der Waals surface area contributed by atoms with Crippen molar-refractivity contribution >= 4 is 22.7 Å². The molecule has 7 nitrogen and oxygen atoms in total. The number of amides is 1. The minimum absolute atomic E-state index is 0.152. The van der Waals surface area contributed by atoms with Crippen LogP contribution in [0, 0.1) is 16.7 Å². The lowest BCUT2D eigenvalue weighted by molar-refractivity contribution is 0.0680. The van der Waals surface area contributed by atoms with Crippen LogP contribution in [0.5, 0.6) is 5.75 Å². The van der Waals surface area contributed by atoms with Gasteiger partial charge in [-0.05, 0) is 74.8 Å². The summed E-state index contributed by atoms with van der Waals surface area (Å²) < 4.78 is 19.5. The van der Waals surface area contributed by atoms with Crippen LogP contribution in [0.3, 0.4) is 0 Å². The molecule has 2 aromatic carbocycles. The smallest absolute Gasteiger partial charge is 0.411 e. The molecule has 2 aliphatic carbocycles. The predicted molar refractivity (Wildman–Crippen MR) is 142 cm³/mol. The normalized spacial score (nSPS) is 20.3. The Kier molecular flexibility index (Phi) is 6.29. The van der Waals surface area contributed by atoms with Gasteiger partial charge in [0.05, 0.1) is 29.5 Å². The van der Waals surface area contributed by atoms with Gasteiger partial charge >= 0.3 is 6.09 Å². The highest BCUT2D eigenvalue weighted by molar-refractivity contribution is 5.96. The van der Waals surface area contributed by atoms with Crippen molar-refractivity contribution in [2.75, 3.05) is 25.1 Å². The number of hydrogen-bond acceptors (Lipinski definition) is 5. The number of aromatic nitrogens is 1. The molecule has 1 unspecified atom stereocenters. The molecule has 7 heteroatoms. The number of benzene rings is 2. The van der Waals surface area contributed by atoms with Crippen LogP contribution in [0.1, 0.15) is 63.5 Å². The summed E-state index contributed by atoms with van der Waals surface area (Å²) in [4.78, 5) is 12.2. The van der Waals surface area contributed by atoms with Crippen molar-refractivity contribution in [1.29, 1.82) is 5.26 Å². The van der Waals surface area contributed by atoms with Crippen molar-refractivity contribution in [2.45, 2.75) is 64.0 Å². The van der Waals surface area contributed by atoms with E-state index in [2.05, 4.69) is 28.9 Å². The fourth-order valence-corrected chi connectivity index (χ4v) is 5.23. The average Bonchev–Trinajstić information content (AvgIpc) is 3.26. The molecule has 1 aromatic heterocycles. The van der Waals surface area contributed by atoms with Gasteiger partial charge in [-0.25, -0.2) is 4.79 Å². The minimum Gasteiger partial charge on any atom is -0.491 e. The molecular formula is C30H33N3O4. The van der Waals surface area contributed by atoms with Crippen LogP contribution in [-0.2, 0) is 9.47 Å². The third-order valence-corrected chi connectivity index (χ3v) is 8.05. The van der Waals surface area contributed by atoms with Crippen LogP contribution >= 0.6 is 0 Å². The second-order valence-corrected chi connectivity index (χ2v) is 11.0. The maximum atomic E-state index is 12.2. The Morgan fingerprint density at radius 1 is 1.16 bits per heavy atom. The molecule has 1 atom stereocenters. The zero-order valence-electron chi connectivity index (χ0n) is 21.3. The molecule has 1 saturated heterocycles. The Balaban J connectivity index is 1.28. The largest absolute Gasteiger partial charge is 0.491 e. The van der Waals surface area contributed by atoms with E-state index in [1.54, 1.807) is 0 Å². The van der Waals surface area contributed by atoms with Gasteiger partial charge in [0.15, 0.2) is 0 Å². The van der Waals surface area contributed by atoms with Gasteiger partial charge in [0.2, 0.25) is 0 Å². The monoisotopic (exact) mass is 499 g/mol. The standard InChI is InChI=1S/C30H33N3O4/c1-30(13-14-30)19-37-29(34)32-21-9-7-20(8-10-21)28-26(17-31)25-12-11-23(36-18-24-6-3-15-35-24)16-27(25)33(28)22-4-2-5-22/h7-12,16,22,24H,2-6,13-15,18-19H2,1H3,(H,32,34). The van der Waals surface area contributed by atoms with Crippen LogP contribution in [-0.4, -0.2) is 36.6 Å². The summed E-state index contributed by atoms with van der Waals surface area (Å²) in [5, 5.41) is 14.0. The SMILES string of the molecule is CC1(COC(=O)Nc2ccc(-c3c(C#N)c4ccc(OCC5CCCO5)cc4n3C3CCC3)cc2)CC1. The van der Waals surface area contributed by atoms with E-state index < -0.39 is 6.09 Å². The number of nitrogens with one attached hydrogen (secondary N) is 1. The Hall–Kier alpha value is -3.50. The van der Waals surface area contributed by atoms with Gasteiger partial charge in [-0.3, -0.25) is 5.32 Å². The highest BCUT2D eigenvalue weighted by Crippen LogP contribution is 2.45. The highest BCUT2D eigenvalue weighted by atomic mass is 16.5. The summed E-state index contributed by atoms with van der Waals surface area (Å²) >= 11 is 0.